The van der Waals surface area contributed by atoms with Crippen molar-refractivity contribution in [3.63, 3.8) is 0 Å². The lowest BCUT2D eigenvalue weighted by atomic mass is 10.1. The van der Waals surface area contributed by atoms with E-state index >= 15 is 0 Å². The van der Waals surface area contributed by atoms with Crippen LogP contribution in [0.4, 0.5) is 9.80 Å². The maximum absolute atomic E-state index is 12.7. The first kappa shape index (κ1) is 19.4. The maximum atomic E-state index is 12.7. The summed E-state index contributed by atoms with van der Waals surface area (Å²) in [6.07, 6.45) is 4.13. The van der Waals surface area contributed by atoms with E-state index in [1.165, 1.54) is 11.3 Å². The number of carbonyl (C=O) groups excluding carboxylic acids is 2. The fourth-order valence-electron chi connectivity index (χ4n) is 2.62. The van der Waals surface area contributed by atoms with Crippen molar-refractivity contribution in [2.24, 2.45) is 5.73 Å². The molecule has 7 nitrogen and oxygen atoms in total. The van der Waals surface area contributed by atoms with Crippen molar-refractivity contribution >= 4 is 28.3 Å². The lowest BCUT2D eigenvalue weighted by Crippen LogP contribution is -2.27. The number of urea groups is 1. The van der Waals surface area contributed by atoms with Crippen LogP contribution in [0.1, 0.15) is 15.9 Å². The van der Waals surface area contributed by atoms with Gasteiger partial charge in [0.05, 0.1) is 12.7 Å². The number of aromatic nitrogens is 1. The van der Waals surface area contributed by atoms with Gasteiger partial charge in [0.25, 0.3) is 5.91 Å². The molecule has 1 aromatic carbocycles. The molecule has 0 bridgehead atoms. The van der Waals surface area contributed by atoms with E-state index in [-0.39, 0.29) is 5.91 Å². The zero-order chi connectivity index (χ0) is 19.9. The number of hydrogen-bond donors (Lipinski definition) is 3. The van der Waals surface area contributed by atoms with Crippen LogP contribution in [0, 0.1) is 0 Å². The van der Waals surface area contributed by atoms with Crippen LogP contribution in [-0.4, -0.2) is 30.6 Å². The SMILES string of the molecule is COc1ccc(-c2cc(C(=O)NCCc3cccnc3)c(NC(N)=O)s2)cc1. The molecule has 3 amide bonds. The third kappa shape index (κ3) is 4.86. The van der Waals surface area contributed by atoms with Crippen LogP contribution >= 0.6 is 11.3 Å². The second-order valence-electron chi connectivity index (χ2n) is 5.94. The number of amides is 3. The number of thiophene rings is 1. The van der Waals surface area contributed by atoms with Crippen molar-refractivity contribution in [3.05, 3.63) is 66.0 Å². The molecule has 4 N–H and O–H groups in total. The number of hydrogen-bond acceptors (Lipinski definition) is 5. The topological polar surface area (TPSA) is 106 Å². The Bertz CT molecular complexity index is 955. The standard InChI is InChI=1S/C20H20N4O3S/c1-27-15-6-4-14(5-7-15)17-11-16(19(28-17)24-20(21)26)18(25)23-10-8-13-3-2-9-22-12-13/h2-7,9,11-12H,8,10H2,1H3,(H,23,25)(H3,21,24,26). The first-order valence-electron chi connectivity index (χ1n) is 8.58. The summed E-state index contributed by atoms with van der Waals surface area (Å²) in [6.45, 7) is 0.453. The van der Waals surface area contributed by atoms with Crippen LogP contribution in [0.2, 0.25) is 0 Å². The van der Waals surface area contributed by atoms with E-state index in [4.69, 9.17) is 10.5 Å². The largest absolute Gasteiger partial charge is 0.497 e. The fourth-order valence-corrected chi connectivity index (χ4v) is 3.69. The first-order chi connectivity index (χ1) is 13.6. The second kappa shape index (κ2) is 9.01. The third-order valence-electron chi connectivity index (χ3n) is 4.01. The van der Waals surface area contributed by atoms with Gasteiger partial charge in [-0.15, -0.1) is 11.3 Å². The van der Waals surface area contributed by atoms with Crippen LogP contribution in [0.15, 0.2) is 54.9 Å². The summed E-state index contributed by atoms with van der Waals surface area (Å²) in [7, 11) is 1.60. The van der Waals surface area contributed by atoms with Crippen LogP contribution in [0.3, 0.4) is 0 Å². The number of pyridine rings is 1. The Morgan fingerprint density at radius 2 is 2.00 bits per heavy atom. The van der Waals surface area contributed by atoms with Crippen molar-refractivity contribution in [1.29, 1.82) is 0 Å². The highest BCUT2D eigenvalue weighted by molar-refractivity contribution is 7.20. The van der Waals surface area contributed by atoms with Gasteiger partial charge in [-0.05, 0) is 53.9 Å². The molecule has 0 radical (unpaired) electrons. The number of rotatable bonds is 7. The lowest BCUT2D eigenvalue weighted by Gasteiger charge is -2.06. The van der Waals surface area contributed by atoms with Crippen molar-refractivity contribution in [2.75, 3.05) is 19.0 Å². The zero-order valence-corrected chi connectivity index (χ0v) is 16.1. The predicted octanol–water partition coefficient (Wildman–Crippen LogP) is 3.28. The highest BCUT2D eigenvalue weighted by Crippen LogP contribution is 2.36. The summed E-state index contributed by atoms with van der Waals surface area (Å²) in [4.78, 5) is 28.9. The molecule has 0 unspecified atom stereocenters. The molecule has 0 atom stereocenters. The molecule has 2 aromatic heterocycles. The molecule has 0 fully saturated rings. The maximum Gasteiger partial charge on any atom is 0.317 e. The van der Waals surface area contributed by atoms with Gasteiger partial charge in [0, 0.05) is 23.8 Å². The smallest absolute Gasteiger partial charge is 0.317 e. The quantitative estimate of drug-likeness (QED) is 0.570. The van der Waals surface area contributed by atoms with Gasteiger partial charge in [-0.1, -0.05) is 6.07 Å². The van der Waals surface area contributed by atoms with Crippen LogP contribution in [0.25, 0.3) is 10.4 Å². The zero-order valence-electron chi connectivity index (χ0n) is 15.3. The molecule has 3 rings (SSSR count). The summed E-state index contributed by atoms with van der Waals surface area (Å²) in [5.74, 6) is 0.466. The monoisotopic (exact) mass is 396 g/mol. The third-order valence-corrected chi connectivity index (χ3v) is 5.11. The molecule has 8 heteroatoms. The predicted molar refractivity (Wildman–Crippen MR) is 110 cm³/mol. The molecule has 144 valence electrons. The van der Waals surface area contributed by atoms with Crippen LogP contribution in [0.5, 0.6) is 5.75 Å². The minimum atomic E-state index is -0.715. The van der Waals surface area contributed by atoms with Gasteiger partial charge in [-0.3, -0.25) is 15.1 Å². The Morgan fingerprint density at radius 3 is 2.64 bits per heavy atom. The Morgan fingerprint density at radius 1 is 1.21 bits per heavy atom. The summed E-state index contributed by atoms with van der Waals surface area (Å²) in [5.41, 5.74) is 7.57. The molecular formula is C20H20N4O3S. The van der Waals surface area contributed by atoms with Gasteiger partial charge >= 0.3 is 6.03 Å². The summed E-state index contributed by atoms with van der Waals surface area (Å²) < 4.78 is 5.17. The Labute approximate surface area is 166 Å². The number of anilines is 1. The number of benzene rings is 1. The van der Waals surface area contributed by atoms with E-state index in [9.17, 15) is 9.59 Å². The van der Waals surface area contributed by atoms with E-state index in [2.05, 4.69) is 15.6 Å². The van der Waals surface area contributed by atoms with E-state index < -0.39 is 6.03 Å². The molecule has 0 saturated heterocycles. The first-order valence-corrected chi connectivity index (χ1v) is 9.40. The molecule has 0 aliphatic rings. The highest BCUT2D eigenvalue weighted by atomic mass is 32.1. The Hall–Kier alpha value is -3.39. The highest BCUT2D eigenvalue weighted by Gasteiger charge is 2.18. The van der Waals surface area contributed by atoms with Crippen molar-refractivity contribution in [3.8, 4) is 16.2 Å². The van der Waals surface area contributed by atoms with Gasteiger partial charge in [0.15, 0.2) is 0 Å². The van der Waals surface area contributed by atoms with Crippen molar-refractivity contribution in [2.45, 2.75) is 6.42 Å². The van der Waals surface area contributed by atoms with Gasteiger partial charge in [-0.25, -0.2) is 4.79 Å². The average molecular weight is 396 g/mol. The average Bonchev–Trinajstić information content (AvgIpc) is 3.12. The van der Waals surface area contributed by atoms with Crippen molar-refractivity contribution in [1.82, 2.24) is 10.3 Å². The van der Waals surface area contributed by atoms with Gasteiger partial charge in [-0.2, -0.15) is 0 Å². The van der Waals surface area contributed by atoms with Crippen molar-refractivity contribution < 1.29 is 14.3 Å². The Kier molecular flexibility index (Phi) is 6.23. The molecule has 2 heterocycles. The van der Waals surface area contributed by atoms with E-state index in [0.717, 1.165) is 21.8 Å². The number of primary amides is 1. The number of nitrogens with two attached hydrogens (primary N) is 1. The summed E-state index contributed by atoms with van der Waals surface area (Å²) in [6, 6.07) is 12.3. The number of nitrogens with zero attached hydrogens (tertiary/aromatic N) is 1. The second-order valence-corrected chi connectivity index (χ2v) is 6.99. The minimum Gasteiger partial charge on any atom is -0.497 e. The molecule has 0 saturated carbocycles. The van der Waals surface area contributed by atoms with E-state index in [1.54, 1.807) is 25.6 Å². The molecule has 0 aliphatic carbocycles. The van der Waals surface area contributed by atoms with Gasteiger partial charge < -0.3 is 15.8 Å². The number of ether oxygens (including phenoxy) is 1. The summed E-state index contributed by atoms with van der Waals surface area (Å²) >= 11 is 1.29. The van der Waals surface area contributed by atoms with Gasteiger partial charge in [0.2, 0.25) is 0 Å². The molecule has 0 spiro atoms. The number of methoxy groups -OCH3 is 1. The molecular weight excluding hydrogens is 376 g/mol. The number of carbonyl (C=O) groups is 2. The summed E-state index contributed by atoms with van der Waals surface area (Å²) in [5, 5.41) is 5.82. The Balaban J connectivity index is 1.76. The molecule has 0 aliphatic heterocycles. The number of nitrogens with one attached hydrogen (secondary N) is 2. The minimum absolute atomic E-state index is 0.274. The lowest BCUT2D eigenvalue weighted by molar-refractivity contribution is 0.0955. The fraction of sp³-hybridized carbons (Fsp3) is 0.150. The molecule has 28 heavy (non-hydrogen) atoms. The molecule has 3 aromatic rings. The van der Waals surface area contributed by atoms with Gasteiger partial charge in [0.1, 0.15) is 10.8 Å². The normalized spacial score (nSPS) is 10.3. The van der Waals surface area contributed by atoms with E-state index in [1.807, 2.05) is 36.4 Å². The van der Waals surface area contributed by atoms with Crippen LogP contribution in [-0.2, 0) is 6.42 Å². The van der Waals surface area contributed by atoms with E-state index in [0.29, 0.717) is 23.5 Å². The van der Waals surface area contributed by atoms with Crippen LogP contribution < -0.4 is 21.1 Å².